The minimum Gasteiger partial charge on any atom is -0.461 e. The zero-order valence-corrected chi connectivity index (χ0v) is 14.7. The van der Waals surface area contributed by atoms with Gasteiger partial charge in [0.1, 0.15) is 9.53 Å². The quantitative estimate of drug-likeness (QED) is 0.308. The Hall–Kier alpha value is -0.0900. The first-order chi connectivity index (χ1) is 9.98. The van der Waals surface area contributed by atoms with Gasteiger partial charge in [-0.25, -0.2) is 0 Å². The molecule has 5 atom stereocenters. The molecule has 1 aliphatic carbocycles. The third kappa shape index (κ3) is 3.53. The Bertz CT molecular complexity index is 436. The van der Waals surface area contributed by atoms with Crippen molar-refractivity contribution in [2.45, 2.75) is 66.9 Å². The van der Waals surface area contributed by atoms with Gasteiger partial charge in [-0.05, 0) is 33.1 Å². The Kier molecular flexibility index (Phi) is 5.05. The van der Waals surface area contributed by atoms with Crippen LogP contribution < -0.4 is 5.32 Å². The van der Waals surface area contributed by atoms with Crippen molar-refractivity contribution in [2.75, 3.05) is 6.54 Å². The second-order valence-electron chi connectivity index (χ2n) is 6.52. The minimum atomic E-state index is -4.74. The van der Waals surface area contributed by atoms with Crippen LogP contribution in [0.5, 0.6) is 0 Å². The molecule has 0 radical (unpaired) electrons. The molecule has 5 unspecified atom stereocenters. The highest BCUT2D eigenvalue weighted by Crippen LogP contribution is 2.44. The summed E-state index contributed by atoms with van der Waals surface area (Å²) < 4.78 is 43.9. The van der Waals surface area contributed by atoms with Crippen molar-refractivity contribution in [3.8, 4) is 0 Å². The van der Waals surface area contributed by atoms with Gasteiger partial charge < -0.3 is 15.2 Å². The Morgan fingerprint density at radius 1 is 1.27 bits per heavy atom. The average molecular weight is 435 g/mol. The lowest BCUT2D eigenvalue weighted by atomic mass is 9.75. The molecule has 1 saturated carbocycles. The number of hydrogen-bond donors (Lipinski definition) is 2. The molecule has 0 aromatic carbocycles. The van der Waals surface area contributed by atoms with Gasteiger partial charge in [0, 0.05) is 18.5 Å². The molecule has 0 aromatic heterocycles. The predicted molar refractivity (Wildman–Crippen MR) is 82.7 cm³/mol. The van der Waals surface area contributed by atoms with Gasteiger partial charge in [-0.15, -0.1) is 0 Å². The van der Waals surface area contributed by atoms with Gasteiger partial charge in [0.15, 0.2) is 5.60 Å². The molecule has 0 bridgehead atoms. The Morgan fingerprint density at radius 3 is 2.32 bits per heavy atom. The molecular weight excluding hydrogens is 414 g/mol. The summed E-state index contributed by atoms with van der Waals surface area (Å²) in [5, 5.41) is 13.0. The maximum Gasteiger partial charge on any atom is 0.417 e. The van der Waals surface area contributed by atoms with E-state index in [1.165, 1.54) is 0 Å². The fraction of sp³-hybridized carbons (Fsp3) is 0.929. The number of alkyl halides is 4. The van der Waals surface area contributed by atoms with Crippen LogP contribution in [-0.2, 0) is 9.53 Å². The standard InChI is InChI=1S/C14H21F3INO3/c1-12(18,10-7-19-10)11(20)22-9-6-4-3-5-8(9)13(2,21)14(15,16)17/h8-10,19,21H,3-7H2,1-2H3. The number of esters is 1. The van der Waals surface area contributed by atoms with Crippen LogP contribution in [0.15, 0.2) is 0 Å². The first-order valence-corrected chi connectivity index (χ1v) is 8.48. The lowest BCUT2D eigenvalue weighted by Gasteiger charge is -2.41. The average Bonchev–Trinajstić information content (AvgIpc) is 3.22. The largest absolute Gasteiger partial charge is 0.461 e. The molecule has 2 fully saturated rings. The molecule has 0 aromatic rings. The van der Waals surface area contributed by atoms with Crippen LogP contribution in [0.3, 0.4) is 0 Å². The highest BCUT2D eigenvalue weighted by Gasteiger charge is 2.58. The predicted octanol–water partition coefficient (Wildman–Crippen LogP) is 2.57. The SMILES string of the molecule is CC(I)(C(=O)OC1CCCCC1C(C)(O)C(F)(F)F)C1CN1. The lowest BCUT2D eigenvalue weighted by Crippen LogP contribution is -2.55. The zero-order chi connectivity index (χ0) is 16.8. The van der Waals surface area contributed by atoms with Gasteiger partial charge in [-0.1, -0.05) is 29.0 Å². The van der Waals surface area contributed by atoms with Crippen LogP contribution in [0.1, 0.15) is 39.5 Å². The van der Waals surface area contributed by atoms with Crippen molar-refractivity contribution in [3.63, 3.8) is 0 Å². The Balaban J connectivity index is 2.12. The van der Waals surface area contributed by atoms with Gasteiger partial charge in [0.05, 0.1) is 0 Å². The maximum absolute atomic E-state index is 13.1. The summed E-state index contributed by atoms with van der Waals surface area (Å²) in [5.41, 5.74) is -2.85. The van der Waals surface area contributed by atoms with Crippen molar-refractivity contribution in [1.29, 1.82) is 0 Å². The van der Waals surface area contributed by atoms with E-state index < -0.39 is 33.2 Å². The van der Waals surface area contributed by atoms with E-state index in [0.29, 0.717) is 25.8 Å². The molecule has 2 N–H and O–H groups in total. The summed E-state index contributed by atoms with van der Waals surface area (Å²) in [6.45, 7) is 3.18. The zero-order valence-electron chi connectivity index (χ0n) is 12.5. The summed E-state index contributed by atoms with van der Waals surface area (Å²) in [5.74, 6) is -1.64. The molecule has 2 aliphatic rings. The van der Waals surface area contributed by atoms with Crippen molar-refractivity contribution >= 4 is 28.6 Å². The molecule has 4 nitrogen and oxygen atoms in total. The number of rotatable bonds is 4. The van der Waals surface area contributed by atoms with Gasteiger partial charge in [-0.2, -0.15) is 13.2 Å². The molecular formula is C14H21F3INO3. The number of nitrogens with one attached hydrogen (secondary N) is 1. The lowest BCUT2D eigenvalue weighted by molar-refractivity contribution is -0.285. The molecule has 128 valence electrons. The first-order valence-electron chi connectivity index (χ1n) is 7.40. The molecule has 1 saturated heterocycles. The van der Waals surface area contributed by atoms with Crippen molar-refractivity contribution < 1.29 is 27.8 Å². The van der Waals surface area contributed by atoms with E-state index in [1.807, 2.05) is 22.6 Å². The topological polar surface area (TPSA) is 68.5 Å². The van der Waals surface area contributed by atoms with E-state index in [9.17, 15) is 23.1 Å². The van der Waals surface area contributed by atoms with Gasteiger partial charge in [0.2, 0.25) is 0 Å². The summed E-state index contributed by atoms with van der Waals surface area (Å²) in [4.78, 5) is 12.3. The maximum atomic E-state index is 13.1. The second-order valence-corrected chi connectivity index (χ2v) is 8.76. The highest BCUT2D eigenvalue weighted by molar-refractivity contribution is 14.1. The number of aliphatic hydroxyl groups is 1. The molecule has 0 amide bonds. The van der Waals surface area contributed by atoms with E-state index in [2.05, 4.69) is 5.32 Å². The molecule has 1 aliphatic heterocycles. The fourth-order valence-electron chi connectivity index (χ4n) is 2.93. The summed E-state index contributed by atoms with van der Waals surface area (Å²) >= 11 is 1.97. The van der Waals surface area contributed by atoms with Crippen molar-refractivity contribution in [3.05, 3.63) is 0 Å². The van der Waals surface area contributed by atoms with E-state index >= 15 is 0 Å². The number of halogens is 4. The van der Waals surface area contributed by atoms with Crippen LogP contribution in [-0.4, -0.2) is 45.0 Å². The third-order valence-electron chi connectivity index (χ3n) is 4.72. The smallest absolute Gasteiger partial charge is 0.417 e. The minimum absolute atomic E-state index is 0.00855. The number of ether oxygens (including phenoxy) is 1. The van der Waals surface area contributed by atoms with Gasteiger partial charge in [0.25, 0.3) is 0 Å². The van der Waals surface area contributed by atoms with Crippen LogP contribution in [0.2, 0.25) is 0 Å². The molecule has 1 heterocycles. The van der Waals surface area contributed by atoms with E-state index in [4.69, 9.17) is 4.74 Å². The third-order valence-corrected chi connectivity index (χ3v) is 5.91. The molecule has 2 rings (SSSR count). The van der Waals surface area contributed by atoms with Gasteiger partial charge >= 0.3 is 12.1 Å². The summed E-state index contributed by atoms with van der Waals surface area (Å²) in [6.07, 6.45) is -3.80. The van der Waals surface area contributed by atoms with E-state index in [1.54, 1.807) is 6.92 Å². The summed E-state index contributed by atoms with van der Waals surface area (Å²) in [6, 6.07) is -0.00855. The van der Waals surface area contributed by atoms with Crippen LogP contribution in [0.4, 0.5) is 13.2 Å². The van der Waals surface area contributed by atoms with Crippen molar-refractivity contribution in [1.82, 2.24) is 5.32 Å². The summed E-state index contributed by atoms with van der Waals surface area (Å²) in [7, 11) is 0. The second kappa shape index (κ2) is 6.08. The van der Waals surface area contributed by atoms with Crippen LogP contribution in [0, 0.1) is 5.92 Å². The molecule has 8 heteroatoms. The Labute approximate surface area is 141 Å². The molecule has 22 heavy (non-hydrogen) atoms. The Morgan fingerprint density at radius 2 is 1.82 bits per heavy atom. The number of carbonyl (C=O) groups is 1. The van der Waals surface area contributed by atoms with Crippen molar-refractivity contribution in [2.24, 2.45) is 5.92 Å². The first kappa shape index (κ1) is 18.3. The highest BCUT2D eigenvalue weighted by atomic mass is 127. The van der Waals surface area contributed by atoms with Crippen LogP contribution in [0.25, 0.3) is 0 Å². The van der Waals surface area contributed by atoms with Crippen LogP contribution >= 0.6 is 22.6 Å². The monoisotopic (exact) mass is 435 g/mol. The number of carbonyl (C=O) groups excluding carboxylic acids is 1. The van der Waals surface area contributed by atoms with E-state index in [0.717, 1.165) is 6.92 Å². The number of hydrogen-bond acceptors (Lipinski definition) is 4. The normalized spacial score (nSPS) is 34.4. The molecule has 0 spiro atoms. The van der Waals surface area contributed by atoms with E-state index in [-0.39, 0.29) is 12.5 Å². The fourth-order valence-corrected chi connectivity index (χ4v) is 3.50. The van der Waals surface area contributed by atoms with Gasteiger partial charge in [-0.3, -0.25) is 4.79 Å².